The lowest BCUT2D eigenvalue weighted by atomic mass is 10.0. The number of nitrogens with zero attached hydrogens (tertiary/aromatic N) is 5. The van der Waals surface area contributed by atoms with Crippen LogP contribution in [0.1, 0.15) is 11.1 Å². The summed E-state index contributed by atoms with van der Waals surface area (Å²) in [5.74, 6) is 0.842. The number of para-hydroxylation sites is 2. The van der Waals surface area contributed by atoms with Crippen LogP contribution in [0.25, 0.3) is 10.4 Å². The molecular formula is C24H22N6O2S2. The Kier molecular flexibility index (Phi) is 7.21. The van der Waals surface area contributed by atoms with Gasteiger partial charge in [-0.2, -0.15) is 10.5 Å². The van der Waals surface area contributed by atoms with Gasteiger partial charge in [0, 0.05) is 36.6 Å². The van der Waals surface area contributed by atoms with Crippen LogP contribution in [-0.4, -0.2) is 49.9 Å². The minimum Gasteiger partial charge on any atom is -0.495 e. The first-order valence-electron chi connectivity index (χ1n) is 10.5. The fourth-order valence-corrected chi connectivity index (χ4v) is 5.46. The zero-order valence-corrected chi connectivity index (χ0v) is 20.2. The Morgan fingerprint density at radius 2 is 1.82 bits per heavy atom. The van der Waals surface area contributed by atoms with Crippen LogP contribution in [-0.2, 0) is 4.79 Å². The molecule has 8 nitrogen and oxygen atoms in total. The first-order chi connectivity index (χ1) is 16.6. The summed E-state index contributed by atoms with van der Waals surface area (Å²) >= 11 is 2.58. The molecule has 2 N–H and O–H groups in total. The number of carbonyl (C=O) groups excluding carboxylic acids is 1. The number of carbonyl (C=O) groups is 1. The summed E-state index contributed by atoms with van der Waals surface area (Å²) < 4.78 is 5.51. The zero-order chi connectivity index (χ0) is 24.1. The highest BCUT2D eigenvalue weighted by atomic mass is 32.2. The Balaban J connectivity index is 1.72. The Labute approximate surface area is 206 Å². The van der Waals surface area contributed by atoms with E-state index in [9.17, 15) is 15.3 Å². The fourth-order valence-electron chi connectivity index (χ4n) is 3.95. The lowest BCUT2D eigenvalue weighted by Gasteiger charge is -2.37. The molecule has 10 heteroatoms. The predicted octanol–water partition coefficient (Wildman–Crippen LogP) is 3.47. The molecule has 3 aromatic rings. The van der Waals surface area contributed by atoms with E-state index in [4.69, 9.17) is 15.5 Å². The second kappa shape index (κ2) is 10.5. The number of thiophene rings is 1. The minimum atomic E-state index is -0.496. The maximum atomic E-state index is 11.4. The van der Waals surface area contributed by atoms with Gasteiger partial charge in [0.15, 0.2) is 0 Å². The van der Waals surface area contributed by atoms with Gasteiger partial charge in [0.05, 0.1) is 24.1 Å². The van der Waals surface area contributed by atoms with Gasteiger partial charge in [-0.1, -0.05) is 30.0 Å². The Hall–Kier alpha value is -3.73. The van der Waals surface area contributed by atoms with E-state index >= 15 is 0 Å². The van der Waals surface area contributed by atoms with Gasteiger partial charge in [0.1, 0.15) is 34.3 Å². The number of anilines is 2. The van der Waals surface area contributed by atoms with Crippen molar-refractivity contribution in [1.82, 2.24) is 4.98 Å². The van der Waals surface area contributed by atoms with E-state index in [2.05, 4.69) is 21.9 Å². The maximum Gasteiger partial charge on any atom is 0.227 e. The average molecular weight is 491 g/mol. The molecule has 0 aliphatic carbocycles. The lowest BCUT2D eigenvalue weighted by molar-refractivity contribution is -0.115. The number of nitriles is 2. The third-order valence-electron chi connectivity index (χ3n) is 5.49. The van der Waals surface area contributed by atoms with Crippen LogP contribution in [0, 0.1) is 22.7 Å². The van der Waals surface area contributed by atoms with Gasteiger partial charge < -0.3 is 20.3 Å². The topological polar surface area (TPSA) is 119 Å². The summed E-state index contributed by atoms with van der Waals surface area (Å²) in [5, 5.41) is 22.4. The first-order valence-corrected chi connectivity index (χ1v) is 12.4. The van der Waals surface area contributed by atoms with E-state index in [-0.39, 0.29) is 5.75 Å². The molecule has 2 aromatic heterocycles. The first kappa shape index (κ1) is 23.4. The molecule has 0 radical (unpaired) electrons. The van der Waals surface area contributed by atoms with Crippen LogP contribution >= 0.6 is 23.1 Å². The molecule has 1 aliphatic rings. The molecule has 1 aromatic carbocycles. The van der Waals surface area contributed by atoms with Crippen molar-refractivity contribution in [2.45, 2.75) is 5.03 Å². The van der Waals surface area contributed by atoms with Gasteiger partial charge >= 0.3 is 0 Å². The van der Waals surface area contributed by atoms with Crippen molar-refractivity contribution in [1.29, 1.82) is 10.5 Å². The highest BCUT2D eigenvalue weighted by Gasteiger charge is 2.28. The van der Waals surface area contributed by atoms with Crippen LogP contribution < -0.4 is 20.3 Å². The van der Waals surface area contributed by atoms with Crippen molar-refractivity contribution in [2.24, 2.45) is 5.73 Å². The Bertz CT molecular complexity index is 1270. The molecule has 0 atom stereocenters. The number of amides is 1. The second-order valence-electron chi connectivity index (χ2n) is 7.47. The van der Waals surface area contributed by atoms with E-state index in [1.165, 1.54) is 11.3 Å². The largest absolute Gasteiger partial charge is 0.495 e. The van der Waals surface area contributed by atoms with Gasteiger partial charge in [-0.15, -0.1) is 11.3 Å². The van der Waals surface area contributed by atoms with Crippen molar-refractivity contribution >= 4 is 40.5 Å². The second-order valence-corrected chi connectivity index (χ2v) is 9.38. The number of primary amides is 1. The average Bonchev–Trinajstić information content (AvgIpc) is 3.41. The molecule has 1 aliphatic heterocycles. The SMILES string of the molecule is COc1ccccc1N1CCN(c2nc(SCC(N)=O)c(C#N)c(-c3cccs3)c2C#N)CC1. The van der Waals surface area contributed by atoms with Crippen LogP contribution in [0.5, 0.6) is 5.75 Å². The standard InChI is InChI=1S/C24H22N6O2S2/c1-32-19-6-3-2-5-18(19)29-8-10-30(11-9-29)23-16(13-25)22(20-7-4-12-33-20)17(14-26)24(28-23)34-15-21(27)31/h2-7,12H,8-11,15H2,1H3,(H2,27,31). The van der Waals surface area contributed by atoms with Crippen molar-refractivity contribution in [3.63, 3.8) is 0 Å². The minimum absolute atomic E-state index is 0.00151. The van der Waals surface area contributed by atoms with E-state index in [0.717, 1.165) is 28.1 Å². The molecule has 0 spiro atoms. The van der Waals surface area contributed by atoms with Gasteiger partial charge in [0.2, 0.25) is 5.91 Å². The third-order valence-corrected chi connectivity index (χ3v) is 7.38. The number of hydrogen-bond acceptors (Lipinski definition) is 9. The number of aromatic nitrogens is 1. The van der Waals surface area contributed by atoms with E-state index in [0.29, 0.717) is 53.7 Å². The van der Waals surface area contributed by atoms with Crippen LogP contribution in [0.4, 0.5) is 11.5 Å². The normalized spacial score (nSPS) is 13.3. The van der Waals surface area contributed by atoms with E-state index in [1.54, 1.807) is 7.11 Å². The van der Waals surface area contributed by atoms with Crippen molar-refractivity contribution in [3.8, 4) is 28.3 Å². The number of piperazine rings is 1. The number of benzene rings is 1. The summed E-state index contributed by atoms with van der Waals surface area (Å²) in [6, 6.07) is 16.1. The molecule has 0 bridgehead atoms. The highest BCUT2D eigenvalue weighted by molar-refractivity contribution is 8.00. The smallest absolute Gasteiger partial charge is 0.227 e. The summed E-state index contributed by atoms with van der Waals surface area (Å²) in [7, 11) is 1.66. The molecule has 0 unspecified atom stereocenters. The molecule has 4 rings (SSSR count). The number of rotatable bonds is 7. The summed E-state index contributed by atoms with van der Waals surface area (Å²) in [4.78, 5) is 21.3. The van der Waals surface area contributed by atoms with Gasteiger partial charge in [-0.25, -0.2) is 4.98 Å². The number of pyridine rings is 1. The van der Waals surface area contributed by atoms with Gasteiger partial charge in [-0.3, -0.25) is 4.79 Å². The molecule has 1 amide bonds. The van der Waals surface area contributed by atoms with Crippen molar-refractivity contribution in [2.75, 3.05) is 48.8 Å². The fraction of sp³-hybridized carbons (Fsp3) is 0.250. The maximum absolute atomic E-state index is 11.4. The third kappa shape index (κ3) is 4.65. The number of ether oxygens (including phenoxy) is 1. The van der Waals surface area contributed by atoms with Crippen LogP contribution in [0.2, 0.25) is 0 Å². The zero-order valence-electron chi connectivity index (χ0n) is 18.5. The predicted molar refractivity (Wildman–Crippen MR) is 134 cm³/mol. The molecule has 1 fully saturated rings. The number of thioether (sulfide) groups is 1. The molecule has 0 saturated carbocycles. The molecule has 1 saturated heterocycles. The molecular weight excluding hydrogens is 468 g/mol. The summed E-state index contributed by atoms with van der Waals surface area (Å²) in [6.45, 7) is 2.70. The number of hydrogen-bond donors (Lipinski definition) is 1. The molecule has 172 valence electrons. The van der Waals surface area contributed by atoms with Crippen molar-refractivity contribution < 1.29 is 9.53 Å². The number of methoxy groups -OCH3 is 1. The quantitative estimate of drug-likeness (QED) is 0.500. The Morgan fingerprint density at radius 1 is 1.12 bits per heavy atom. The van der Waals surface area contributed by atoms with Gasteiger partial charge in [0.25, 0.3) is 0 Å². The monoisotopic (exact) mass is 490 g/mol. The van der Waals surface area contributed by atoms with E-state index in [1.807, 2.05) is 41.8 Å². The van der Waals surface area contributed by atoms with Gasteiger partial charge in [-0.05, 0) is 23.6 Å². The van der Waals surface area contributed by atoms with Crippen LogP contribution in [0.15, 0.2) is 46.8 Å². The van der Waals surface area contributed by atoms with Crippen LogP contribution in [0.3, 0.4) is 0 Å². The Morgan fingerprint density at radius 3 is 2.44 bits per heavy atom. The summed E-state index contributed by atoms with van der Waals surface area (Å²) in [5.41, 5.74) is 7.59. The molecule has 3 heterocycles. The summed E-state index contributed by atoms with van der Waals surface area (Å²) in [6.07, 6.45) is 0. The number of nitrogens with two attached hydrogens (primary N) is 1. The van der Waals surface area contributed by atoms with Crippen molar-refractivity contribution in [3.05, 3.63) is 52.9 Å². The van der Waals surface area contributed by atoms with E-state index < -0.39 is 5.91 Å². The highest BCUT2D eigenvalue weighted by Crippen LogP contribution is 2.40. The lowest BCUT2D eigenvalue weighted by Crippen LogP contribution is -2.47. The molecule has 34 heavy (non-hydrogen) atoms.